The van der Waals surface area contributed by atoms with Crippen LogP contribution < -0.4 is 10.2 Å². The molecule has 1 N–H and O–H groups in total. The van der Waals surface area contributed by atoms with Gasteiger partial charge in [0, 0.05) is 38.3 Å². The number of nitrogens with zero attached hydrogens (tertiary/aromatic N) is 2. The van der Waals surface area contributed by atoms with Gasteiger partial charge in [-0.2, -0.15) is 0 Å². The summed E-state index contributed by atoms with van der Waals surface area (Å²) in [5, 5.41) is 4.32. The summed E-state index contributed by atoms with van der Waals surface area (Å²) < 4.78 is 10.6. The largest absolute Gasteiger partial charge is 0.464 e. The number of methoxy groups -OCH3 is 1. The highest BCUT2D eigenvalue weighted by atomic mass is 32.1. The lowest BCUT2D eigenvalue weighted by atomic mass is 10.4. The predicted octanol–water partition coefficient (Wildman–Crippen LogP) is 2.42. The molecule has 0 unspecified atom stereocenters. The summed E-state index contributed by atoms with van der Waals surface area (Å²) in [5.41, 5.74) is 0. The van der Waals surface area contributed by atoms with E-state index in [1.807, 2.05) is 32.3 Å². The first-order valence-electron chi connectivity index (χ1n) is 6.60. The van der Waals surface area contributed by atoms with Crippen molar-refractivity contribution in [2.45, 2.75) is 20.0 Å². The van der Waals surface area contributed by atoms with Crippen LogP contribution in [0.2, 0.25) is 0 Å². The molecule has 0 fully saturated rings. The number of ether oxygens (including phenoxy) is 1. The summed E-state index contributed by atoms with van der Waals surface area (Å²) in [7, 11) is 3.73. The standard InChI is InChI=1S/C14H21N3O2S/c1-11-4-5-12(19-11)10-17(2)14-16-9-13(20-14)8-15-6-7-18-3/h4-5,9,15H,6-8,10H2,1-3H3. The van der Waals surface area contributed by atoms with E-state index in [1.165, 1.54) is 4.88 Å². The second kappa shape index (κ2) is 7.42. The van der Waals surface area contributed by atoms with E-state index in [-0.39, 0.29) is 0 Å². The molecule has 2 aromatic rings. The zero-order chi connectivity index (χ0) is 14.4. The number of hydrogen-bond acceptors (Lipinski definition) is 6. The van der Waals surface area contributed by atoms with Crippen LogP contribution in [-0.4, -0.2) is 32.3 Å². The molecule has 0 aliphatic heterocycles. The van der Waals surface area contributed by atoms with Crippen LogP contribution >= 0.6 is 11.3 Å². The van der Waals surface area contributed by atoms with Crippen LogP contribution in [0.5, 0.6) is 0 Å². The van der Waals surface area contributed by atoms with Crippen LogP contribution in [0.3, 0.4) is 0 Å². The Balaban J connectivity index is 1.84. The van der Waals surface area contributed by atoms with E-state index in [4.69, 9.17) is 9.15 Å². The highest BCUT2D eigenvalue weighted by Gasteiger charge is 2.09. The first-order chi connectivity index (χ1) is 9.69. The van der Waals surface area contributed by atoms with Gasteiger partial charge in [-0.3, -0.25) is 0 Å². The summed E-state index contributed by atoms with van der Waals surface area (Å²) in [6, 6.07) is 3.99. The van der Waals surface area contributed by atoms with Crippen molar-refractivity contribution in [1.29, 1.82) is 0 Å². The van der Waals surface area contributed by atoms with E-state index in [0.29, 0.717) is 0 Å². The van der Waals surface area contributed by atoms with E-state index >= 15 is 0 Å². The number of thiazole rings is 1. The first kappa shape index (κ1) is 15.0. The second-order valence-electron chi connectivity index (χ2n) is 4.65. The molecule has 0 bridgehead atoms. The Kier molecular flexibility index (Phi) is 5.58. The van der Waals surface area contributed by atoms with Crippen LogP contribution in [-0.2, 0) is 17.8 Å². The monoisotopic (exact) mass is 295 g/mol. The van der Waals surface area contributed by atoms with Gasteiger partial charge in [-0.05, 0) is 19.1 Å². The van der Waals surface area contributed by atoms with Crippen molar-refractivity contribution < 1.29 is 9.15 Å². The summed E-state index contributed by atoms with van der Waals surface area (Å²) in [6.07, 6.45) is 1.92. The van der Waals surface area contributed by atoms with Crippen LogP contribution in [0.4, 0.5) is 5.13 Å². The summed E-state index contributed by atoms with van der Waals surface area (Å²) in [4.78, 5) is 7.77. The van der Waals surface area contributed by atoms with Gasteiger partial charge in [-0.15, -0.1) is 11.3 Å². The smallest absolute Gasteiger partial charge is 0.185 e. The van der Waals surface area contributed by atoms with Crippen LogP contribution in [0, 0.1) is 6.92 Å². The lowest BCUT2D eigenvalue weighted by Gasteiger charge is -2.13. The second-order valence-corrected chi connectivity index (χ2v) is 5.74. The lowest BCUT2D eigenvalue weighted by molar-refractivity contribution is 0.199. The number of aryl methyl sites for hydroxylation is 1. The molecular weight excluding hydrogens is 274 g/mol. The molecule has 20 heavy (non-hydrogen) atoms. The third-order valence-electron chi connectivity index (χ3n) is 2.84. The summed E-state index contributed by atoms with van der Waals surface area (Å²) >= 11 is 1.69. The van der Waals surface area contributed by atoms with Gasteiger partial charge in [0.25, 0.3) is 0 Å². The van der Waals surface area contributed by atoms with Gasteiger partial charge < -0.3 is 19.4 Å². The number of aromatic nitrogens is 1. The Morgan fingerprint density at radius 1 is 1.45 bits per heavy atom. The average molecular weight is 295 g/mol. The number of furan rings is 1. The Morgan fingerprint density at radius 2 is 2.30 bits per heavy atom. The van der Waals surface area contributed by atoms with E-state index in [0.717, 1.165) is 42.9 Å². The van der Waals surface area contributed by atoms with Crippen molar-refractivity contribution in [3.8, 4) is 0 Å². The van der Waals surface area contributed by atoms with Gasteiger partial charge in [-0.1, -0.05) is 0 Å². The van der Waals surface area contributed by atoms with Gasteiger partial charge in [-0.25, -0.2) is 4.98 Å². The molecule has 6 heteroatoms. The molecule has 0 atom stereocenters. The van der Waals surface area contributed by atoms with Gasteiger partial charge in [0.05, 0.1) is 13.2 Å². The zero-order valence-electron chi connectivity index (χ0n) is 12.2. The third-order valence-corrected chi connectivity index (χ3v) is 3.95. The molecule has 0 aliphatic carbocycles. The molecule has 0 aromatic carbocycles. The van der Waals surface area contributed by atoms with Crippen LogP contribution in [0.25, 0.3) is 0 Å². The highest BCUT2D eigenvalue weighted by molar-refractivity contribution is 7.15. The van der Waals surface area contributed by atoms with E-state index in [2.05, 4.69) is 15.2 Å². The molecule has 5 nitrogen and oxygen atoms in total. The summed E-state index contributed by atoms with van der Waals surface area (Å²) in [5.74, 6) is 1.90. The number of anilines is 1. The number of nitrogens with one attached hydrogen (secondary N) is 1. The first-order valence-corrected chi connectivity index (χ1v) is 7.41. The predicted molar refractivity (Wildman–Crippen MR) is 81.2 cm³/mol. The molecule has 2 heterocycles. The fourth-order valence-electron chi connectivity index (χ4n) is 1.81. The minimum Gasteiger partial charge on any atom is -0.464 e. The number of rotatable bonds is 8. The topological polar surface area (TPSA) is 50.5 Å². The Bertz CT molecular complexity index is 524. The molecule has 2 aromatic heterocycles. The third kappa shape index (κ3) is 4.33. The molecule has 0 saturated heterocycles. The van der Waals surface area contributed by atoms with Crippen molar-refractivity contribution in [3.63, 3.8) is 0 Å². The number of hydrogen-bond donors (Lipinski definition) is 1. The van der Waals surface area contributed by atoms with Crippen molar-refractivity contribution in [2.24, 2.45) is 0 Å². The maximum Gasteiger partial charge on any atom is 0.185 e. The van der Waals surface area contributed by atoms with Crippen molar-refractivity contribution >= 4 is 16.5 Å². The molecular formula is C14H21N3O2S. The summed E-state index contributed by atoms with van der Waals surface area (Å²) in [6.45, 7) is 5.10. The Hall–Kier alpha value is -1.37. The molecule has 0 amide bonds. The van der Waals surface area contributed by atoms with E-state index < -0.39 is 0 Å². The zero-order valence-corrected chi connectivity index (χ0v) is 13.0. The van der Waals surface area contributed by atoms with Gasteiger partial charge >= 0.3 is 0 Å². The van der Waals surface area contributed by atoms with Crippen molar-refractivity contribution in [2.75, 3.05) is 32.2 Å². The fraction of sp³-hybridized carbons (Fsp3) is 0.500. The molecule has 2 rings (SSSR count). The fourth-order valence-corrected chi connectivity index (χ4v) is 2.65. The van der Waals surface area contributed by atoms with E-state index in [9.17, 15) is 0 Å². The quantitative estimate of drug-likeness (QED) is 0.758. The van der Waals surface area contributed by atoms with Crippen molar-refractivity contribution in [1.82, 2.24) is 10.3 Å². The molecule has 0 aliphatic rings. The highest BCUT2D eigenvalue weighted by Crippen LogP contribution is 2.23. The van der Waals surface area contributed by atoms with Crippen LogP contribution in [0.1, 0.15) is 16.4 Å². The van der Waals surface area contributed by atoms with Crippen LogP contribution in [0.15, 0.2) is 22.7 Å². The molecule has 0 spiro atoms. The molecule has 110 valence electrons. The van der Waals surface area contributed by atoms with Gasteiger partial charge in [0.2, 0.25) is 0 Å². The maximum atomic E-state index is 5.58. The Morgan fingerprint density at radius 3 is 3.00 bits per heavy atom. The lowest BCUT2D eigenvalue weighted by Crippen LogP contribution is -2.17. The maximum absolute atomic E-state index is 5.58. The molecule has 0 saturated carbocycles. The Labute approximate surface area is 123 Å². The van der Waals surface area contributed by atoms with Crippen molar-refractivity contribution in [3.05, 3.63) is 34.7 Å². The van der Waals surface area contributed by atoms with Gasteiger partial charge in [0.1, 0.15) is 11.5 Å². The molecule has 0 radical (unpaired) electrons. The average Bonchev–Trinajstić information content (AvgIpc) is 3.04. The SMILES string of the molecule is COCCNCc1cnc(N(C)Cc2ccc(C)o2)s1. The normalized spacial score (nSPS) is 10.9. The van der Waals surface area contributed by atoms with Gasteiger partial charge in [0.15, 0.2) is 5.13 Å². The minimum atomic E-state index is 0.726. The van der Waals surface area contributed by atoms with E-state index in [1.54, 1.807) is 18.4 Å². The minimum absolute atomic E-state index is 0.726.